The fourth-order valence-corrected chi connectivity index (χ4v) is 2.59. The van der Waals surface area contributed by atoms with Gasteiger partial charge in [0.25, 0.3) is 0 Å². The number of ether oxygens (including phenoxy) is 1. The van der Waals surface area contributed by atoms with Gasteiger partial charge in [-0.1, -0.05) is 0 Å². The molecule has 4 nitrogen and oxygen atoms in total. The van der Waals surface area contributed by atoms with Crippen LogP contribution in [0.25, 0.3) is 0 Å². The van der Waals surface area contributed by atoms with E-state index in [0.717, 1.165) is 12.1 Å². The second kappa shape index (κ2) is 5.90. The normalized spacial score (nSPS) is 11.3. The third kappa shape index (κ3) is 3.76. The van der Waals surface area contributed by atoms with Gasteiger partial charge in [-0.15, -0.1) is 0 Å². The number of hydrogen-bond acceptors (Lipinski definition) is 4. The Morgan fingerprint density at radius 2 is 2.00 bits per heavy atom. The molecule has 0 bridgehead atoms. The Bertz CT molecular complexity index is 540. The highest BCUT2D eigenvalue weighted by molar-refractivity contribution is 7.91. The Labute approximate surface area is 103 Å². The molecule has 0 spiro atoms. The predicted molar refractivity (Wildman–Crippen MR) is 59.7 cm³/mol. The zero-order valence-electron chi connectivity index (χ0n) is 9.65. The lowest BCUT2D eigenvalue weighted by Crippen LogP contribution is -2.14. The lowest BCUT2D eigenvalue weighted by molar-refractivity contribution is -0.142. The molecule has 0 aliphatic rings. The summed E-state index contributed by atoms with van der Waals surface area (Å²) in [5.41, 5.74) is 0. The summed E-state index contributed by atoms with van der Waals surface area (Å²) in [7, 11) is -4.04. The first-order valence-corrected chi connectivity index (χ1v) is 6.85. The van der Waals surface area contributed by atoms with E-state index in [1.54, 1.807) is 6.92 Å². The first kappa shape index (κ1) is 14.6. The molecule has 100 valence electrons. The number of hydrogen-bond donors (Lipinski definition) is 0. The summed E-state index contributed by atoms with van der Waals surface area (Å²) in [4.78, 5) is 10.3. The third-order valence-corrected chi connectivity index (χ3v) is 3.83. The van der Waals surface area contributed by atoms with E-state index in [1.165, 1.54) is 0 Å². The van der Waals surface area contributed by atoms with Crippen molar-refractivity contribution in [3.63, 3.8) is 0 Å². The summed E-state index contributed by atoms with van der Waals surface area (Å²) in [5.74, 6) is -3.21. The molecule has 7 heteroatoms. The molecule has 0 amide bonds. The van der Waals surface area contributed by atoms with Crippen LogP contribution in [0.2, 0.25) is 0 Å². The molecule has 0 N–H and O–H groups in total. The van der Waals surface area contributed by atoms with Gasteiger partial charge in [-0.05, 0) is 25.1 Å². The van der Waals surface area contributed by atoms with Crippen LogP contribution in [0.4, 0.5) is 8.78 Å². The van der Waals surface area contributed by atoms with E-state index in [0.29, 0.717) is 6.07 Å². The molecule has 0 radical (unpaired) electrons. The molecule has 0 unspecified atom stereocenters. The van der Waals surface area contributed by atoms with Crippen molar-refractivity contribution < 1.29 is 26.7 Å². The zero-order chi connectivity index (χ0) is 13.8. The Kier molecular flexibility index (Phi) is 4.77. The minimum atomic E-state index is -4.04. The van der Waals surface area contributed by atoms with Crippen molar-refractivity contribution >= 4 is 15.8 Å². The van der Waals surface area contributed by atoms with Crippen LogP contribution in [0.3, 0.4) is 0 Å². The first-order chi connectivity index (χ1) is 8.36. The Balaban J connectivity index is 2.87. The predicted octanol–water partition coefficient (Wildman–Crippen LogP) is 1.69. The molecule has 18 heavy (non-hydrogen) atoms. The van der Waals surface area contributed by atoms with Crippen molar-refractivity contribution in [2.24, 2.45) is 0 Å². The number of carbonyl (C=O) groups excluding carboxylic acids is 1. The molecule has 0 fully saturated rings. The molecule has 0 aliphatic carbocycles. The van der Waals surface area contributed by atoms with Crippen molar-refractivity contribution in [1.29, 1.82) is 0 Å². The number of carbonyl (C=O) groups is 1. The smallest absolute Gasteiger partial charge is 0.306 e. The van der Waals surface area contributed by atoms with Crippen LogP contribution in [-0.2, 0) is 19.4 Å². The number of halogens is 2. The van der Waals surface area contributed by atoms with E-state index >= 15 is 0 Å². The Morgan fingerprint density at radius 3 is 2.61 bits per heavy atom. The van der Waals surface area contributed by atoms with E-state index in [1.807, 2.05) is 0 Å². The minimum Gasteiger partial charge on any atom is -0.466 e. The van der Waals surface area contributed by atoms with E-state index in [-0.39, 0.29) is 6.61 Å². The topological polar surface area (TPSA) is 60.4 Å². The quantitative estimate of drug-likeness (QED) is 0.769. The van der Waals surface area contributed by atoms with E-state index in [2.05, 4.69) is 4.74 Å². The molecule has 1 aromatic carbocycles. The highest BCUT2D eigenvalue weighted by Gasteiger charge is 2.21. The van der Waals surface area contributed by atoms with E-state index < -0.39 is 44.5 Å². The van der Waals surface area contributed by atoms with Gasteiger partial charge in [-0.3, -0.25) is 4.79 Å². The molecule has 1 rings (SSSR count). The van der Waals surface area contributed by atoms with E-state index in [4.69, 9.17) is 0 Å². The van der Waals surface area contributed by atoms with Crippen LogP contribution in [0, 0.1) is 11.6 Å². The molecule has 1 aromatic rings. The molecular weight excluding hydrogens is 266 g/mol. The van der Waals surface area contributed by atoms with Crippen molar-refractivity contribution in [1.82, 2.24) is 0 Å². The number of rotatable bonds is 5. The molecule has 0 aromatic heterocycles. The van der Waals surface area contributed by atoms with Crippen LogP contribution < -0.4 is 0 Å². The van der Waals surface area contributed by atoms with Gasteiger partial charge in [0.2, 0.25) is 0 Å². The fraction of sp³-hybridized carbons (Fsp3) is 0.364. The van der Waals surface area contributed by atoms with Gasteiger partial charge in [0.1, 0.15) is 16.5 Å². The van der Waals surface area contributed by atoms with E-state index in [9.17, 15) is 22.0 Å². The molecule has 0 saturated carbocycles. The van der Waals surface area contributed by atoms with Crippen molar-refractivity contribution in [3.05, 3.63) is 29.8 Å². The Hall–Kier alpha value is -1.50. The largest absolute Gasteiger partial charge is 0.466 e. The third-order valence-electron chi connectivity index (χ3n) is 2.11. The second-order valence-electron chi connectivity index (χ2n) is 3.45. The monoisotopic (exact) mass is 278 g/mol. The standard InChI is InChI=1S/C11H12F2O4S/c1-2-17-11(14)5-6-18(15,16)10-7-8(12)3-4-9(10)13/h3-4,7H,2,5-6H2,1H3. The molecule has 0 heterocycles. The summed E-state index contributed by atoms with van der Waals surface area (Å²) in [6.45, 7) is 1.71. The lowest BCUT2D eigenvalue weighted by atomic mass is 10.3. The maximum Gasteiger partial charge on any atom is 0.306 e. The lowest BCUT2D eigenvalue weighted by Gasteiger charge is -2.05. The summed E-state index contributed by atoms with van der Waals surface area (Å²) in [5, 5.41) is 0. The van der Waals surface area contributed by atoms with Gasteiger partial charge in [0, 0.05) is 0 Å². The number of benzene rings is 1. The van der Waals surface area contributed by atoms with Crippen LogP contribution >= 0.6 is 0 Å². The zero-order valence-corrected chi connectivity index (χ0v) is 10.5. The second-order valence-corrected chi connectivity index (χ2v) is 5.53. The van der Waals surface area contributed by atoms with Gasteiger partial charge in [0.15, 0.2) is 9.84 Å². The average molecular weight is 278 g/mol. The number of esters is 1. The highest BCUT2D eigenvalue weighted by Crippen LogP contribution is 2.18. The summed E-state index contributed by atoms with van der Waals surface area (Å²) in [6.07, 6.45) is -0.397. The first-order valence-electron chi connectivity index (χ1n) is 5.20. The summed E-state index contributed by atoms with van der Waals surface area (Å²) in [6, 6.07) is 2.14. The van der Waals surface area contributed by atoms with Crippen molar-refractivity contribution in [2.75, 3.05) is 12.4 Å². The summed E-state index contributed by atoms with van der Waals surface area (Å²) >= 11 is 0. The molecule has 0 aliphatic heterocycles. The number of sulfone groups is 1. The fourth-order valence-electron chi connectivity index (χ4n) is 1.28. The summed E-state index contributed by atoms with van der Waals surface area (Å²) < 4.78 is 54.1. The van der Waals surface area contributed by atoms with Gasteiger partial charge in [-0.25, -0.2) is 17.2 Å². The van der Waals surface area contributed by atoms with Gasteiger partial charge >= 0.3 is 5.97 Å². The van der Waals surface area contributed by atoms with Crippen molar-refractivity contribution in [3.8, 4) is 0 Å². The molecule has 0 saturated heterocycles. The van der Waals surface area contributed by atoms with Crippen LogP contribution in [-0.4, -0.2) is 26.7 Å². The Morgan fingerprint density at radius 1 is 1.33 bits per heavy atom. The maximum absolute atomic E-state index is 13.3. The average Bonchev–Trinajstić information content (AvgIpc) is 2.30. The highest BCUT2D eigenvalue weighted by atomic mass is 32.2. The van der Waals surface area contributed by atoms with Crippen molar-refractivity contribution in [2.45, 2.75) is 18.2 Å². The van der Waals surface area contributed by atoms with Gasteiger partial charge in [0.05, 0.1) is 18.8 Å². The molecule has 0 atom stereocenters. The van der Waals surface area contributed by atoms with Crippen LogP contribution in [0.15, 0.2) is 23.1 Å². The SMILES string of the molecule is CCOC(=O)CCS(=O)(=O)c1cc(F)ccc1F. The molecular formula is C11H12F2O4S. The van der Waals surface area contributed by atoms with Crippen LogP contribution in [0.1, 0.15) is 13.3 Å². The van der Waals surface area contributed by atoms with Gasteiger partial charge < -0.3 is 4.74 Å². The minimum absolute atomic E-state index is 0.132. The maximum atomic E-state index is 13.3. The van der Waals surface area contributed by atoms with Gasteiger partial charge in [-0.2, -0.15) is 0 Å². The van der Waals surface area contributed by atoms with Crippen LogP contribution in [0.5, 0.6) is 0 Å².